The summed E-state index contributed by atoms with van der Waals surface area (Å²) in [5, 5.41) is 12.4. The number of nitriles is 1. The van der Waals surface area contributed by atoms with Crippen LogP contribution in [0.2, 0.25) is 0 Å². The summed E-state index contributed by atoms with van der Waals surface area (Å²) in [6.07, 6.45) is 2.56. The highest BCUT2D eigenvalue weighted by molar-refractivity contribution is 7.99. The van der Waals surface area contributed by atoms with Crippen LogP contribution < -0.4 is 5.32 Å². The first-order valence-corrected chi connectivity index (χ1v) is 5.74. The van der Waals surface area contributed by atoms with Crippen LogP contribution in [-0.4, -0.2) is 28.8 Å². The SMILES string of the molecule is CNC(C#N)CCSc1nccc(C)n1. The zero-order valence-electron chi connectivity index (χ0n) is 8.90. The molecule has 1 N–H and O–H groups in total. The van der Waals surface area contributed by atoms with Crippen molar-refractivity contribution in [1.82, 2.24) is 15.3 Å². The Morgan fingerprint density at radius 3 is 3.07 bits per heavy atom. The molecule has 80 valence electrons. The van der Waals surface area contributed by atoms with Crippen molar-refractivity contribution in [2.24, 2.45) is 0 Å². The van der Waals surface area contributed by atoms with Crippen LogP contribution in [0, 0.1) is 18.3 Å². The Balaban J connectivity index is 2.35. The van der Waals surface area contributed by atoms with Crippen molar-refractivity contribution in [1.29, 1.82) is 5.26 Å². The monoisotopic (exact) mass is 222 g/mol. The van der Waals surface area contributed by atoms with Crippen LogP contribution in [0.4, 0.5) is 0 Å². The summed E-state index contributed by atoms with van der Waals surface area (Å²) < 4.78 is 0. The Morgan fingerprint density at radius 2 is 2.47 bits per heavy atom. The Kier molecular flexibility index (Phi) is 5.08. The van der Waals surface area contributed by atoms with E-state index in [0.29, 0.717) is 0 Å². The molecule has 0 aliphatic carbocycles. The topological polar surface area (TPSA) is 61.6 Å². The average Bonchev–Trinajstić information content (AvgIpc) is 2.25. The van der Waals surface area contributed by atoms with Crippen molar-refractivity contribution in [3.05, 3.63) is 18.0 Å². The minimum Gasteiger partial charge on any atom is -0.305 e. The third-order valence-corrected chi connectivity index (χ3v) is 2.81. The van der Waals surface area contributed by atoms with E-state index in [2.05, 4.69) is 21.4 Å². The van der Waals surface area contributed by atoms with E-state index in [1.165, 1.54) is 0 Å². The number of aryl methyl sites for hydroxylation is 1. The number of aromatic nitrogens is 2. The molecule has 0 bridgehead atoms. The molecule has 1 unspecified atom stereocenters. The summed E-state index contributed by atoms with van der Waals surface area (Å²) in [6, 6.07) is 3.97. The molecule has 0 radical (unpaired) electrons. The lowest BCUT2D eigenvalue weighted by Crippen LogP contribution is -2.23. The van der Waals surface area contributed by atoms with Crippen LogP contribution in [0.25, 0.3) is 0 Å². The lowest BCUT2D eigenvalue weighted by atomic mass is 10.3. The fourth-order valence-corrected chi connectivity index (χ4v) is 1.92. The summed E-state index contributed by atoms with van der Waals surface area (Å²) in [7, 11) is 1.79. The lowest BCUT2D eigenvalue weighted by molar-refractivity contribution is 0.663. The zero-order chi connectivity index (χ0) is 11.1. The number of rotatable bonds is 5. The molecule has 4 nitrogen and oxygen atoms in total. The van der Waals surface area contributed by atoms with E-state index < -0.39 is 0 Å². The molecule has 0 spiro atoms. The summed E-state index contributed by atoms with van der Waals surface area (Å²) in [4.78, 5) is 8.41. The van der Waals surface area contributed by atoms with Gasteiger partial charge in [0.05, 0.1) is 12.1 Å². The predicted octanol–water partition coefficient (Wildman–Crippen LogP) is 1.38. The Morgan fingerprint density at radius 1 is 1.67 bits per heavy atom. The van der Waals surface area contributed by atoms with Crippen molar-refractivity contribution in [3.63, 3.8) is 0 Å². The van der Waals surface area contributed by atoms with Crippen molar-refractivity contribution in [2.45, 2.75) is 24.5 Å². The molecular weight excluding hydrogens is 208 g/mol. The van der Waals surface area contributed by atoms with Crippen LogP contribution >= 0.6 is 11.8 Å². The second-order valence-electron chi connectivity index (χ2n) is 3.09. The fraction of sp³-hybridized carbons (Fsp3) is 0.500. The second-order valence-corrected chi connectivity index (χ2v) is 4.15. The largest absolute Gasteiger partial charge is 0.305 e. The summed E-state index contributed by atoms with van der Waals surface area (Å²) in [5.74, 6) is 0.850. The van der Waals surface area contributed by atoms with Crippen molar-refractivity contribution in [2.75, 3.05) is 12.8 Å². The van der Waals surface area contributed by atoms with E-state index in [4.69, 9.17) is 5.26 Å². The molecule has 1 heterocycles. The van der Waals surface area contributed by atoms with Gasteiger partial charge < -0.3 is 5.32 Å². The van der Waals surface area contributed by atoms with Gasteiger partial charge in [0.1, 0.15) is 0 Å². The highest BCUT2D eigenvalue weighted by Gasteiger charge is 2.04. The van der Waals surface area contributed by atoms with Crippen molar-refractivity contribution < 1.29 is 0 Å². The van der Waals surface area contributed by atoms with Gasteiger partial charge in [-0.1, -0.05) is 11.8 Å². The first-order chi connectivity index (χ1) is 7.26. The van der Waals surface area contributed by atoms with Gasteiger partial charge in [-0.3, -0.25) is 0 Å². The fourth-order valence-electron chi connectivity index (χ4n) is 1.04. The number of nitrogens with zero attached hydrogens (tertiary/aromatic N) is 3. The second kappa shape index (κ2) is 6.38. The number of hydrogen-bond donors (Lipinski definition) is 1. The maximum absolute atomic E-state index is 8.71. The van der Waals surface area contributed by atoms with Gasteiger partial charge >= 0.3 is 0 Å². The highest BCUT2D eigenvalue weighted by atomic mass is 32.2. The van der Waals surface area contributed by atoms with Crippen molar-refractivity contribution >= 4 is 11.8 Å². The van der Waals surface area contributed by atoms with Crippen LogP contribution in [0.1, 0.15) is 12.1 Å². The van der Waals surface area contributed by atoms with E-state index >= 15 is 0 Å². The van der Waals surface area contributed by atoms with Gasteiger partial charge in [-0.25, -0.2) is 9.97 Å². The van der Waals surface area contributed by atoms with Gasteiger partial charge in [-0.2, -0.15) is 5.26 Å². The minimum absolute atomic E-state index is 0.0812. The average molecular weight is 222 g/mol. The molecule has 1 rings (SSSR count). The van der Waals surface area contributed by atoms with Crippen LogP contribution in [-0.2, 0) is 0 Å². The molecule has 0 aliphatic rings. The third-order valence-electron chi connectivity index (χ3n) is 1.91. The molecule has 1 atom stereocenters. The van der Waals surface area contributed by atoms with Gasteiger partial charge in [0.25, 0.3) is 0 Å². The van der Waals surface area contributed by atoms with Crippen LogP contribution in [0.5, 0.6) is 0 Å². The molecular formula is C10H14N4S. The van der Waals surface area contributed by atoms with Gasteiger partial charge in [0.15, 0.2) is 5.16 Å². The van der Waals surface area contributed by atoms with Crippen LogP contribution in [0.3, 0.4) is 0 Å². The molecule has 0 saturated heterocycles. The third kappa shape index (κ3) is 4.28. The highest BCUT2D eigenvalue weighted by Crippen LogP contribution is 2.14. The minimum atomic E-state index is -0.0812. The first kappa shape index (κ1) is 12.0. The van der Waals surface area contributed by atoms with E-state index in [-0.39, 0.29) is 6.04 Å². The summed E-state index contributed by atoms with van der Waals surface area (Å²) in [6.45, 7) is 1.94. The van der Waals surface area contributed by atoms with E-state index in [0.717, 1.165) is 23.0 Å². The Bertz CT molecular complexity index is 348. The normalized spacial score (nSPS) is 12.1. The molecule has 1 aromatic heterocycles. The molecule has 0 saturated carbocycles. The maximum Gasteiger partial charge on any atom is 0.187 e. The van der Waals surface area contributed by atoms with Gasteiger partial charge in [-0.05, 0) is 26.5 Å². The molecule has 0 aromatic carbocycles. The quantitative estimate of drug-likeness (QED) is 0.602. The smallest absolute Gasteiger partial charge is 0.187 e. The maximum atomic E-state index is 8.71. The van der Waals surface area contributed by atoms with Crippen LogP contribution in [0.15, 0.2) is 17.4 Å². The number of hydrogen-bond acceptors (Lipinski definition) is 5. The van der Waals surface area contributed by atoms with Crippen molar-refractivity contribution in [3.8, 4) is 6.07 Å². The lowest BCUT2D eigenvalue weighted by Gasteiger charge is -2.05. The van der Waals surface area contributed by atoms with E-state index in [9.17, 15) is 0 Å². The molecule has 0 aliphatic heterocycles. The Labute approximate surface area is 94.1 Å². The van der Waals surface area contributed by atoms with Gasteiger partial charge in [-0.15, -0.1) is 0 Å². The summed E-state index contributed by atoms with van der Waals surface area (Å²) >= 11 is 1.58. The molecule has 0 amide bonds. The van der Waals surface area contributed by atoms with Gasteiger partial charge in [0.2, 0.25) is 0 Å². The van der Waals surface area contributed by atoms with E-state index in [1.54, 1.807) is 25.0 Å². The predicted molar refractivity (Wildman–Crippen MR) is 60.6 cm³/mol. The molecule has 5 heteroatoms. The van der Waals surface area contributed by atoms with Gasteiger partial charge in [0, 0.05) is 17.6 Å². The first-order valence-electron chi connectivity index (χ1n) is 4.75. The molecule has 0 fully saturated rings. The molecule has 1 aromatic rings. The standard InChI is InChI=1S/C10H14N4S/c1-8-3-5-13-10(14-8)15-6-4-9(7-11)12-2/h3,5,9,12H,4,6H2,1-2H3. The number of thioether (sulfide) groups is 1. The van der Waals surface area contributed by atoms with E-state index in [1.807, 2.05) is 13.0 Å². The number of nitrogens with one attached hydrogen (secondary N) is 1. The Hall–Kier alpha value is -1.12. The molecule has 15 heavy (non-hydrogen) atoms. The zero-order valence-corrected chi connectivity index (χ0v) is 9.71. The summed E-state index contributed by atoms with van der Waals surface area (Å²) in [5.41, 5.74) is 0.970.